The van der Waals surface area contributed by atoms with E-state index in [0.717, 1.165) is 17.1 Å². The summed E-state index contributed by atoms with van der Waals surface area (Å²) in [5.41, 5.74) is 12.9. The number of aromatic nitrogens is 1. The van der Waals surface area contributed by atoms with Gasteiger partial charge in [0.05, 0.1) is 5.02 Å². The van der Waals surface area contributed by atoms with Gasteiger partial charge in [0.2, 0.25) is 0 Å². The number of anilines is 1. The van der Waals surface area contributed by atoms with Gasteiger partial charge in [-0.05, 0) is 6.07 Å². The molecule has 1 aliphatic rings. The molecule has 1 fully saturated rings. The molecule has 1 aromatic heterocycles. The fourth-order valence-corrected chi connectivity index (χ4v) is 4.61. The Hall–Kier alpha value is -0.100. The molecule has 0 aliphatic carbocycles. The van der Waals surface area contributed by atoms with Crippen LogP contribution in [0.1, 0.15) is 11.6 Å². The molecule has 0 saturated carbocycles. The Morgan fingerprint density at radius 3 is 3.00 bits per heavy atom. The van der Waals surface area contributed by atoms with E-state index < -0.39 is 0 Å². The van der Waals surface area contributed by atoms with Crippen molar-refractivity contribution in [3.63, 3.8) is 0 Å². The summed E-state index contributed by atoms with van der Waals surface area (Å²) in [7, 11) is 0. The molecule has 1 saturated heterocycles. The topological polar surface area (TPSA) is 64.9 Å². The maximum atomic E-state index is 6.23. The van der Waals surface area contributed by atoms with Gasteiger partial charge in [0.15, 0.2) is 0 Å². The van der Waals surface area contributed by atoms with E-state index in [0.29, 0.717) is 16.1 Å². The summed E-state index contributed by atoms with van der Waals surface area (Å²) in [6.45, 7) is 0. The Labute approximate surface area is 109 Å². The number of nitrogens with two attached hydrogens (primary N) is 2. The highest BCUT2D eigenvalue weighted by molar-refractivity contribution is 8.06. The van der Waals surface area contributed by atoms with Crippen molar-refractivity contribution in [2.24, 2.45) is 5.73 Å². The third-order valence-electron chi connectivity index (χ3n) is 2.52. The van der Waals surface area contributed by atoms with Gasteiger partial charge in [0, 0.05) is 40.3 Å². The maximum Gasteiger partial charge on any atom is 0.128 e. The maximum absolute atomic E-state index is 6.23. The van der Waals surface area contributed by atoms with Gasteiger partial charge in [-0.2, -0.15) is 23.5 Å². The van der Waals surface area contributed by atoms with E-state index in [4.69, 9.17) is 23.1 Å². The van der Waals surface area contributed by atoms with Gasteiger partial charge in [-0.15, -0.1) is 0 Å². The Morgan fingerprint density at radius 2 is 2.31 bits per heavy atom. The summed E-state index contributed by atoms with van der Waals surface area (Å²) in [4.78, 5) is 4.04. The van der Waals surface area contributed by atoms with Crippen LogP contribution in [0.25, 0.3) is 0 Å². The molecule has 6 heteroatoms. The van der Waals surface area contributed by atoms with Crippen LogP contribution in [0.5, 0.6) is 0 Å². The zero-order chi connectivity index (χ0) is 11.5. The van der Waals surface area contributed by atoms with E-state index in [9.17, 15) is 0 Å². The molecule has 0 bridgehead atoms. The molecule has 2 unspecified atom stereocenters. The molecule has 0 radical (unpaired) electrons. The number of nitrogen functional groups attached to an aromatic ring is 1. The molecule has 2 heterocycles. The number of thioether (sulfide) groups is 2. The van der Waals surface area contributed by atoms with Crippen LogP contribution in [0.2, 0.25) is 5.02 Å². The van der Waals surface area contributed by atoms with E-state index in [1.54, 1.807) is 6.20 Å². The lowest BCUT2D eigenvalue weighted by atomic mass is 10.1. The van der Waals surface area contributed by atoms with Gasteiger partial charge < -0.3 is 11.5 Å². The number of nitrogens with zero attached hydrogens (tertiary/aromatic N) is 1. The van der Waals surface area contributed by atoms with Crippen LogP contribution < -0.4 is 11.5 Å². The van der Waals surface area contributed by atoms with Crippen LogP contribution in [-0.2, 0) is 0 Å². The zero-order valence-electron chi connectivity index (χ0n) is 8.73. The molecule has 0 amide bonds. The van der Waals surface area contributed by atoms with Gasteiger partial charge in [-0.1, -0.05) is 11.6 Å². The number of hydrogen-bond acceptors (Lipinski definition) is 5. The second-order valence-corrected chi connectivity index (χ2v) is 6.57. The van der Waals surface area contributed by atoms with Crippen LogP contribution in [0.4, 0.5) is 5.82 Å². The van der Waals surface area contributed by atoms with Gasteiger partial charge in [0.25, 0.3) is 0 Å². The average molecular weight is 276 g/mol. The monoisotopic (exact) mass is 275 g/mol. The van der Waals surface area contributed by atoms with Crippen LogP contribution in [0.15, 0.2) is 12.3 Å². The van der Waals surface area contributed by atoms with Crippen molar-refractivity contribution in [1.82, 2.24) is 4.98 Å². The molecule has 88 valence electrons. The third kappa shape index (κ3) is 2.77. The zero-order valence-corrected chi connectivity index (χ0v) is 11.1. The largest absolute Gasteiger partial charge is 0.383 e. The van der Waals surface area contributed by atoms with E-state index in [1.165, 1.54) is 5.75 Å². The summed E-state index contributed by atoms with van der Waals surface area (Å²) in [5.74, 6) is 3.92. The van der Waals surface area contributed by atoms with E-state index in [1.807, 2.05) is 29.6 Å². The average Bonchev–Trinajstić information content (AvgIpc) is 2.32. The van der Waals surface area contributed by atoms with Crippen molar-refractivity contribution in [3.8, 4) is 0 Å². The quantitative estimate of drug-likeness (QED) is 0.866. The highest BCUT2D eigenvalue weighted by atomic mass is 35.5. The second-order valence-electron chi connectivity index (χ2n) is 3.64. The fraction of sp³-hybridized carbons (Fsp3) is 0.500. The summed E-state index contributed by atoms with van der Waals surface area (Å²) in [5, 5.41) is 0.995. The Morgan fingerprint density at radius 1 is 1.50 bits per heavy atom. The minimum absolute atomic E-state index is 0.0796. The molecular weight excluding hydrogens is 262 g/mol. The second kappa shape index (κ2) is 5.49. The summed E-state index contributed by atoms with van der Waals surface area (Å²) >= 11 is 9.76. The lowest BCUT2D eigenvalue weighted by Crippen LogP contribution is -2.29. The highest BCUT2D eigenvalue weighted by Gasteiger charge is 2.24. The molecule has 16 heavy (non-hydrogen) atoms. The van der Waals surface area contributed by atoms with Crippen LogP contribution in [0, 0.1) is 0 Å². The lowest BCUT2D eigenvalue weighted by Gasteiger charge is -2.27. The minimum Gasteiger partial charge on any atom is -0.383 e. The number of rotatable bonds is 2. The van der Waals surface area contributed by atoms with Crippen LogP contribution in [0.3, 0.4) is 0 Å². The van der Waals surface area contributed by atoms with Crippen LogP contribution in [-0.4, -0.2) is 27.5 Å². The molecule has 1 aliphatic heterocycles. The number of hydrogen-bond donors (Lipinski definition) is 2. The molecule has 2 atom stereocenters. The molecule has 2 rings (SSSR count). The van der Waals surface area contributed by atoms with Gasteiger partial charge in [-0.25, -0.2) is 4.98 Å². The number of pyridine rings is 1. The van der Waals surface area contributed by atoms with Gasteiger partial charge in [-0.3, -0.25) is 0 Å². The predicted molar refractivity (Wildman–Crippen MR) is 74.2 cm³/mol. The summed E-state index contributed by atoms with van der Waals surface area (Å²) in [6, 6.07) is 1.75. The van der Waals surface area contributed by atoms with Gasteiger partial charge in [0.1, 0.15) is 5.82 Å². The molecule has 3 nitrogen and oxygen atoms in total. The van der Waals surface area contributed by atoms with Gasteiger partial charge >= 0.3 is 0 Å². The minimum atomic E-state index is -0.0796. The first-order valence-corrected chi connectivity index (χ1v) is 7.62. The van der Waals surface area contributed by atoms with Crippen molar-refractivity contribution in [1.29, 1.82) is 0 Å². The smallest absolute Gasteiger partial charge is 0.128 e. The first-order chi connectivity index (χ1) is 7.68. The first kappa shape index (κ1) is 12.4. The first-order valence-electron chi connectivity index (χ1n) is 5.04. The normalized spacial score (nSPS) is 23.0. The van der Waals surface area contributed by atoms with Crippen molar-refractivity contribution in [2.75, 3.05) is 23.0 Å². The predicted octanol–water partition coefficient (Wildman–Crippen LogP) is 2.17. The molecule has 0 spiro atoms. The fourth-order valence-electron chi connectivity index (χ4n) is 1.65. The third-order valence-corrected chi connectivity index (χ3v) is 5.61. The van der Waals surface area contributed by atoms with Crippen molar-refractivity contribution in [2.45, 2.75) is 11.3 Å². The Kier molecular flexibility index (Phi) is 4.24. The molecule has 0 aromatic carbocycles. The molecular formula is C10H14ClN3S2. The Bertz CT molecular complexity index is 369. The van der Waals surface area contributed by atoms with E-state index in [-0.39, 0.29) is 6.04 Å². The van der Waals surface area contributed by atoms with Crippen molar-refractivity contribution in [3.05, 3.63) is 22.8 Å². The summed E-state index contributed by atoms with van der Waals surface area (Å²) < 4.78 is 0. The standard InChI is InChI=1S/C10H14ClN3S2/c11-6-3-7(10(13)14-4-6)9(12)8-5-15-1-2-16-8/h3-4,8-9H,1-2,5,12H2,(H2,13,14). The van der Waals surface area contributed by atoms with E-state index >= 15 is 0 Å². The Balaban J connectivity index is 2.18. The van der Waals surface area contributed by atoms with Crippen LogP contribution >= 0.6 is 35.1 Å². The summed E-state index contributed by atoms with van der Waals surface area (Å²) in [6.07, 6.45) is 1.55. The molecule has 4 N–H and O–H groups in total. The molecule has 1 aromatic rings. The SMILES string of the molecule is Nc1ncc(Cl)cc1C(N)C1CSCCS1. The lowest BCUT2D eigenvalue weighted by molar-refractivity contribution is 0.719. The van der Waals surface area contributed by atoms with Crippen molar-refractivity contribution < 1.29 is 0 Å². The number of halogens is 1. The van der Waals surface area contributed by atoms with Crippen molar-refractivity contribution >= 4 is 40.9 Å². The highest BCUT2D eigenvalue weighted by Crippen LogP contribution is 2.34. The van der Waals surface area contributed by atoms with E-state index in [2.05, 4.69) is 4.98 Å².